The van der Waals surface area contributed by atoms with Crippen molar-refractivity contribution in [2.45, 2.75) is 97.3 Å². The van der Waals surface area contributed by atoms with Crippen LogP contribution in [0.25, 0.3) is 0 Å². The highest BCUT2D eigenvalue weighted by atomic mass is 16.7. The van der Waals surface area contributed by atoms with Crippen LogP contribution < -0.4 is 4.74 Å². The van der Waals surface area contributed by atoms with E-state index in [1.165, 1.54) is 49.7 Å². The average Bonchev–Trinajstić information content (AvgIpc) is 2.84. The fourth-order valence-electron chi connectivity index (χ4n) is 4.40. The first-order chi connectivity index (χ1) is 16.9. The van der Waals surface area contributed by atoms with Crippen molar-refractivity contribution >= 4 is 5.97 Å². The Morgan fingerprint density at radius 3 is 2.29 bits per heavy atom. The Morgan fingerprint density at radius 1 is 0.829 bits per heavy atom. The topological polar surface area (TPSA) is 35.5 Å². The smallest absolute Gasteiger partial charge is 0.308 e. The summed E-state index contributed by atoms with van der Waals surface area (Å²) in [4.78, 5) is 12.4. The molecule has 0 aliphatic heterocycles. The minimum atomic E-state index is -0.530. The molecule has 0 N–H and O–H groups in total. The van der Waals surface area contributed by atoms with E-state index in [2.05, 4.69) is 63.5 Å². The van der Waals surface area contributed by atoms with E-state index in [0.717, 1.165) is 42.6 Å². The standard InChI is InChI=1S/C31H48NO3/c1-5-7-8-9-10-12-18-27-21-17-22-29(25-27)34-31(6-2)35-30(33)23-15-16-24-32(3,4)26-28-19-13-11-14-20-28/h11,13-14,17,19-22,25,31H,5-10,12,15-16,18,23-24,26H2,1-4H3/q+1. The number of unbranched alkanes of at least 4 members (excludes halogenated alkanes) is 6. The maximum absolute atomic E-state index is 12.4. The van der Waals surface area contributed by atoms with Gasteiger partial charge in [0.25, 0.3) is 0 Å². The molecule has 4 heteroatoms. The molecule has 0 aliphatic rings. The minimum Gasteiger partial charge on any atom is -0.455 e. The molecule has 194 valence electrons. The van der Waals surface area contributed by atoms with Gasteiger partial charge in [0, 0.05) is 18.4 Å². The quantitative estimate of drug-likeness (QED) is 0.0945. The number of esters is 1. The SMILES string of the molecule is CCCCCCCCc1cccc(OC(CC)OC(=O)CCCC[N+](C)(C)Cc2ccccc2)c1. The van der Waals surface area contributed by atoms with Crippen LogP contribution in [0.15, 0.2) is 54.6 Å². The molecule has 4 nitrogen and oxygen atoms in total. The maximum Gasteiger partial charge on any atom is 0.308 e. The van der Waals surface area contributed by atoms with Gasteiger partial charge in [0.2, 0.25) is 6.29 Å². The normalized spacial score (nSPS) is 12.3. The van der Waals surface area contributed by atoms with Crippen LogP contribution in [-0.4, -0.2) is 37.4 Å². The molecule has 0 saturated heterocycles. The van der Waals surface area contributed by atoms with Gasteiger partial charge in [-0.3, -0.25) is 4.79 Å². The van der Waals surface area contributed by atoms with Crippen LogP contribution in [0.1, 0.15) is 89.2 Å². The monoisotopic (exact) mass is 482 g/mol. The van der Waals surface area contributed by atoms with Gasteiger partial charge in [-0.1, -0.05) is 88.4 Å². The number of hydrogen-bond donors (Lipinski definition) is 0. The van der Waals surface area contributed by atoms with Crippen LogP contribution in [0, 0.1) is 0 Å². The number of benzene rings is 2. The molecule has 1 unspecified atom stereocenters. The van der Waals surface area contributed by atoms with Crippen molar-refractivity contribution < 1.29 is 18.8 Å². The first-order valence-corrected chi connectivity index (χ1v) is 13.7. The Kier molecular flexibility index (Phi) is 13.5. The molecule has 35 heavy (non-hydrogen) atoms. The second kappa shape index (κ2) is 16.4. The summed E-state index contributed by atoms with van der Waals surface area (Å²) in [5, 5.41) is 0. The van der Waals surface area contributed by atoms with Crippen molar-refractivity contribution in [1.82, 2.24) is 0 Å². The van der Waals surface area contributed by atoms with Gasteiger partial charge in [0.1, 0.15) is 12.3 Å². The fraction of sp³-hybridized carbons (Fsp3) is 0.581. The zero-order valence-corrected chi connectivity index (χ0v) is 22.6. The summed E-state index contributed by atoms with van der Waals surface area (Å²) < 4.78 is 12.6. The molecule has 0 aromatic heterocycles. The molecular weight excluding hydrogens is 434 g/mol. The van der Waals surface area contributed by atoms with Crippen LogP contribution in [0.4, 0.5) is 0 Å². The van der Waals surface area contributed by atoms with Crippen molar-refractivity contribution in [2.75, 3.05) is 20.6 Å². The molecule has 0 heterocycles. The van der Waals surface area contributed by atoms with Gasteiger partial charge in [0.05, 0.1) is 20.6 Å². The Bertz CT molecular complexity index is 834. The largest absolute Gasteiger partial charge is 0.455 e. The second-order valence-corrected chi connectivity index (χ2v) is 10.4. The Labute approximate surface area is 214 Å². The maximum atomic E-state index is 12.4. The van der Waals surface area contributed by atoms with E-state index in [-0.39, 0.29) is 5.97 Å². The van der Waals surface area contributed by atoms with Gasteiger partial charge >= 0.3 is 5.97 Å². The average molecular weight is 483 g/mol. The number of quaternary nitrogens is 1. The zero-order valence-electron chi connectivity index (χ0n) is 22.6. The molecule has 0 radical (unpaired) electrons. The Morgan fingerprint density at radius 2 is 1.54 bits per heavy atom. The van der Waals surface area contributed by atoms with E-state index in [1.54, 1.807) is 0 Å². The summed E-state index contributed by atoms with van der Waals surface area (Å²) in [5.41, 5.74) is 2.63. The number of aryl methyl sites for hydroxylation is 1. The van der Waals surface area contributed by atoms with Gasteiger partial charge in [0.15, 0.2) is 0 Å². The molecule has 0 spiro atoms. The molecule has 0 bridgehead atoms. The fourth-order valence-corrected chi connectivity index (χ4v) is 4.40. The van der Waals surface area contributed by atoms with Gasteiger partial charge in [-0.25, -0.2) is 0 Å². The highest BCUT2D eigenvalue weighted by Gasteiger charge is 2.17. The zero-order chi connectivity index (χ0) is 25.4. The third-order valence-corrected chi connectivity index (χ3v) is 6.43. The first-order valence-electron chi connectivity index (χ1n) is 13.7. The Balaban J connectivity index is 1.68. The van der Waals surface area contributed by atoms with E-state index in [1.807, 2.05) is 19.1 Å². The van der Waals surface area contributed by atoms with Crippen molar-refractivity contribution in [3.63, 3.8) is 0 Å². The molecule has 1 atom stereocenters. The van der Waals surface area contributed by atoms with Crippen molar-refractivity contribution in [3.8, 4) is 5.75 Å². The number of carbonyl (C=O) groups excluding carboxylic acids is 1. The third kappa shape index (κ3) is 12.8. The lowest BCUT2D eigenvalue weighted by Crippen LogP contribution is -2.39. The lowest BCUT2D eigenvalue weighted by Gasteiger charge is -2.30. The second-order valence-electron chi connectivity index (χ2n) is 10.4. The molecular formula is C31H48NO3+. The van der Waals surface area contributed by atoms with Crippen molar-refractivity contribution in [3.05, 3.63) is 65.7 Å². The van der Waals surface area contributed by atoms with Crippen LogP contribution >= 0.6 is 0 Å². The highest BCUT2D eigenvalue weighted by molar-refractivity contribution is 5.69. The van der Waals surface area contributed by atoms with Crippen molar-refractivity contribution in [1.29, 1.82) is 0 Å². The summed E-state index contributed by atoms with van der Waals surface area (Å²) in [6, 6.07) is 18.8. The summed E-state index contributed by atoms with van der Waals surface area (Å²) in [6.45, 7) is 6.26. The molecule has 2 rings (SSSR count). The summed E-state index contributed by atoms with van der Waals surface area (Å²) in [6.07, 6.45) is 11.2. The van der Waals surface area contributed by atoms with E-state index in [0.29, 0.717) is 12.8 Å². The van der Waals surface area contributed by atoms with E-state index in [9.17, 15) is 4.79 Å². The predicted molar refractivity (Wildman–Crippen MR) is 145 cm³/mol. The third-order valence-electron chi connectivity index (χ3n) is 6.43. The molecule has 0 fully saturated rings. The number of nitrogens with zero attached hydrogens (tertiary/aromatic N) is 1. The number of carbonyl (C=O) groups is 1. The lowest BCUT2D eigenvalue weighted by atomic mass is 10.0. The van der Waals surface area contributed by atoms with Crippen LogP contribution in [-0.2, 0) is 22.5 Å². The van der Waals surface area contributed by atoms with E-state index >= 15 is 0 Å². The van der Waals surface area contributed by atoms with Gasteiger partial charge in [-0.05, 0) is 43.4 Å². The van der Waals surface area contributed by atoms with Crippen LogP contribution in [0.2, 0.25) is 0 Å². The van der Waals surface area contributed by atoms with Crippen LogP contribution in [0.3, 0.4) is 0 Å². The lowest BCUT2D eigenvalue weighted by molar-refractivity contribution is -0.903. The summed E-state index contributed by atoms with van der Waals surface area (Å²) >= 11 is 0. The molecule has 2 aromatic rings. The van der Waals surface area contributed by atoms with Crippen molar-refractivity contribution in [2.24, 2.45) is 0 Å². The molecule has 0 amide bonds. The summed E-state index contributed by atoms with van der Waals surface area (Å²) in [7, 11) is 4.49. The number of rotatable bonds is 18. The highest BCUT2D eigenvalue weighted by Crippen LogP contribution is 2.19. The minimum absolute atomic E-state index is 0.173. The predicted octanol–water partition coefficient (Wildman–Crippen LogP) is 7.69. The van der Waals surface area contributed by atoms with Gasteiger partial charge < -0.3 is 14.0 Å². The molecule has 0 aliphatic carbocycles. The Hall–Kier alpha value is -2.33. The molecule has 2 aromatic carbocycles. The first kappa shape index (κ1) is 28.9. The van der Waals surface area contributed by atoms with Gasteiger partial charge in [-0.2, -0.15) is 0 Å². The van der Waals surface area contributed by atoms with E-state index < -0.39 is 6.29 Å². The molecule has 0 saturated carbocycles. The number of ether oxygens (including phenoxy) is 2. The van der Waals surface area contributed by atoms with Gasteiger partial charge in [-0.15, -0.1) is 0 Å². The van der Waals surface area contributed by atoms with E-state index in [4.69, 9.17) is 9.47 Å². The van der Waals surface area contributed by atoms with Crippen LogP contribution in [0.5, 0.6) is 5.75 Å². The number of hydrogen-bond acceptors (Lipinski definition) is 3. The summed E-state index contributed by atoms with van der Waals surface area (Å²) in [5.74, 6) is 0.613.